The molecular formula is C3H8Cl2S2. The van der Waals surface area contributed by atoms with Gasteiger partial charge in [-0.15, -0.1) is 23.2 Å². The molecule has 0 nitrogen and oxygen atoms in total. The fourth-order valence-electron chi connectivity index (χ4n) is 0. The van der Waals surface area contributed by atoms with Gasteiger partial charge in [-0.05, 0) is 12.5 Å². The van der Waals surface area contributed by atoms with Crippen LogP contribution in [0.1, 0.15) is 0 Å². The van der Waals surface area contributed by atoms with Crippen LogP contribution in [0.3, 0.4) is 0 Å². The zero-order valence-electron chi connectivity index (χ0n) is 4.28. The highest BCUT2D eigenvalue weighted by atomic mass is 35.5. The third-order valence-corrected chi connectivity index (χ3v) is 1.50. The average molecular weight is 179 g/mol. The largest absolute Gasteiger partial charge is 0.109 e. The van der Waals surface area contributed by atoms with E-state index < -0.39 is 0 Å². The van der Waals surface area contributed by atoms with Gasteiger partial charge in [0.2, 0.25) is 0 Å². The molecule has 0 rings (SSSR count). The van der Waals surface area contributed by atoms with Gasteiger partial charge in [-0.25, -0.2) is 0 Å². The molecule has 7 heavy (non-hydrogen) atoms. The zero-order valence-corrected chi connectivity index (χ0v) is 7.42. The maximum absolute atomic E-state index is 4.76. The molecule has 0 radical (unpaired) electrons. The van der Waals surface area contributed by atoms with Gasteiger partial charge in [-0.1, -0.05) is 21.6 Å². The maximum atomic E-state index is 4.76. The van der Waals surface area contributed by atoms with E-state index in [1.807, 2.05) is 0 Å². The van der Waals surface area contributed by atoms with Crippen LogP contribution < -0.4 is 0 Å². The molecule has 0 aromatic heterocycles. The van der Waals surface area contributed by atoms with Crippen molar-refractivity contribution in [3.63, 3.8) is 0 Å². The second kappa shape index (κ2) is 15.7. The van der Waals surface area contributed by atoms with Gasteiger partial charge < -0.3 is 0 Å². The fraction of sp³-hybridized carbons (Fsp3) is 1.00. The van der Waals surface area contributed by atoms with E-state index in [0.717, 1.165) is 0 Å². The van der Waals surface area contributed by atoms with E-state index in [2.05, 4.69) is 12.5 Å². The van der Waals surface area contributed by atoms with Crippen LogP contribution in [0.4, 0.5) is 0 Å². The lowest BCUT2D eigenvalue weighted by Gasteiger charge is -1.69. The summed E-state index contributed by atoms with van der Waals surface area (Å²) in [5.74, 6) is 0. The molecule has 0 bridgehead atoms. The van der Waals surface area contributed by atoms with Crippen LogP contribution in [-0.2, 0) is 0 Å². The Morgan fingerprint density at radius 3 is 1.29 bits per heavy atom. The first-order chi connectivity index (χ1) is 3.33. The van der Waals surface area contributed by atoms with Crippen LogP contribution in [0.2, 0.25) is 0 Å². The van der Waals surface area contributed by atoms with E-state index >= 15 is 0 Å². The molecule has 0 heterocycles. The quantitative estimate of drug-likeness (QED) is 0.448. The highest BCUT2D eigenvalue weighted by molar-refractivity contribution is 8.76. The van der Waals surface area contributed by atoms with Gasteiger partial charge in [0.15, 0.2) is 0 Å². The minimum atomic E-state index is 0.194. The Bertz CT molecular complexity index is 18.4. The second-order valence-electron chi connectivity index (χ2n) is 0.434. The number of halogens is 2. The minimum Gasteiger partial charge on any atom is -0.109 e. The summed E-state index contributed by atoms with van der Waals surface area (Å²) in [5, 5.41) is 0.194. The SMILES string of the molecule is CSSC.ClCCl. The first-order valence-electron chi connectivity index (χ1n) is 1.52. The smallest absolute Gasteiger partial charge is 0.0967 e. The monoisotopic (exact) mass is 178 g/mol. The van der Waals surface area contributed by atoms with Crippen molar-refractivity contribution in [1.29, 1.82) is 0 Å². The fourth-order valence-corrected chi connectivity index (χ4v) is 0. The molecule has 0 N–H and O–H groups in total. The third-order valence-electron chi connectivity index (χ3n) is 0.167. The van der Waals surface area contributed by atoms with Gasteiger partial charge in [0.1, 0.15) is 0 Å². The predicted molar refractivity (Wildman–Crippen MR) is 43.6 cm³/mol. The zero-order chi connectivity index (χ0) is 6.12. The highest BCUT2D eigenvalue weighted by Gasteiger charge is 1.55. The first kappa shape index (κ1) is 11.1. The molecule has 4 heteroatoms. The Morgan fingerprint density at radius 1 is 1.14 bits per heavy atom. The Kier molecular flexibility index (Phi) is 24.9. The van der Waals surface area contributed by atoms with E-state index in [1.165, 1.54) is 0 Å². The van der Waals surface area contributed by atoms with Crippen LogP contribution in [0.15, 0.2) is 0 Å². The molecule has 0 amide bonds. The van der Waals surface area contributed by atoms with Crippen LogP contribution in [0, 0.1) is 0 Å². The van der Waals surface area contributed by atoms with E-state index in [0.29, 0.717) is 0 Å². The highest BCUT2D eigenvalue weighted by Crippen LogP contribution is 2.09. The molecule has 0 atom stereocenters. The molecular weight excluding hydrogens is 171 g/mol. The molecule has 0 aromatic rings. The van der Waals surface area contributed by atoms with Crippen molar-refractivity contribution in [2.45, 2.75) is 0 Å². The lowest BCUT2D eigenvalue weighted by molar-refractivity contribution is 2.20. The summed E-state index contributed by atoms with van der Waals surface area (Å²) in [4.78, 5) is 0. The van der Waals surface area contributed by atoms with Crippen LogP contribution in [0.5, 0.6) is 0 Å². The van der Waals surface area contributed by atoms with Gasteiger partial charge in [0.25, 0.3) is 0 Å². The van der Waals surface area contributed by atoms with Crippen molar-refractivity contribution in [3.05, 3.63) is 0 Å². The number of rotatable bonds is 1. The predicted octanol–water partition coefficient (Wildman–Crippen LogP) is 3.05. The number of hydrogen-bond acceptors (Lipinski definition) is 2. The summed E-state index contributed by atoms with van der Waals surface area (Å²) in [6.45, 7) is 0. The molecule has 0 saturated heterocycles. The molecule has 0 unspecified atom stereocenters. The molecule has 46 valence electrons. The summed E-state index contributed by atoms with van der Waals surface area (Å²) in [7, 11) is 3.55. The van der Waals surface area contributed by atoms with Gasteiger partial charge in [0.05, 0.1) is 5.34 Å². The van der Waals surface area contributed by atoms with Crippen molar-refractivity contribution in [2.24, 2.45) is 0 Å². The maximum Gasteiger partial charge on any atom is 0.0967 e. The molecule has 0 aliphatic rings. The molecule has 0 aromatic carbocycles. The average Bonchev–Trinajstić information content (AvgIpc) is 1.69. The Morgan fingerprint density at radius 2 is 1.29 bits per heavy atom. The van der Waals surface area contributed by atoms with E-state index in [4.69, 9.17) is 23.2 Å². The Hall–Kier alpha value is 1.28. The molecule has 0 saturated carbocycles. The number of hydrogen-bond donors (Lipinski definition) is 0. The minimum absolute atomic E-state index is 0.194. The summed E-state index contributed by atoms with van der Waals surface area (Å²) in [6.07, 6.45) is 4.12. The van der Waals surface area contributed by atoms with E-state index in [9.17, 15) is 0 Å². The topological polar surface area (TPSA) is 0 Å². The van der Waals surface area contributed by atoms with Crippen molar-refractivity contribution in [3.8, 4) is 0 Å². The lowest BCUT2D eigenvalue weighted by Crippen LogP contribution is -1.28. The van der Waals surface area contributed by atoms with Crippen molar-refractivity contribution >= 4 is 44.8 Å². The van der Waals surface area contributed by atoms with E-state index in [-0.39, 0.29) is 5.34 Å². The van der Waals surface area contributed by atoms with Crippen molar-refractivity contribution < 1.29 is 0 Å². The van der Waals surface area contributed by atoms with E-state index in [1.54, 1.807) is 21.6 Å². The van der Waals surface area contributed by atoms with Crippen molar-refractivity contribution in [1.82, 2.24) is 0 Å². The van der Waals surface area contributed by atoms with Gasteiger partial charge >= 0.3 is 0 Å². The molecule has 0 aliphatic carbocycles. The molecule has 0 fully saturated rings. The lowest BCUT2D eigenvalue weighted by atomic mass is 11.9. The normalized spacial score (nSPS) is 6.86. The molecule has 0 aliphatic heterocycles. The first-order valence-corrected chi connectivity index (χ1v) is 5.55. The Labute approximate surface area is 62.7 Å². The third kappa shape index (κ3) is 39.0. The van der Waals surface area contributed by atoms with Crippen LogP contribution in [-0.4, -0.2) is 17.9 Å². The van der Waals surface area contributed by atoms with Gasteiger partial charge in [-0.3, -0.25) is 0 Å². The summed E-state index contributed by atoms with van der Waals surface area (Å²) in [5.41, 5.74) is 0. The summed E-state index contributed by atoms with van der Waals surface area (Å²) in [6, 6.07) is 0. The van der Waals surface area contributed by atoms with Gasteiger partial charge in [0, 0.05) is 0 Å². The van der Waals surface area contributed by atoms with Crippen LogP contribution >= 0.6 is 44.8 Å². The van der Waals surface area contributed by atoms with Gasteiger partial charge in [-0.2, -0.15) is 0 Å². The number of alkyl halides is 2. The van der Waals surface area contributed by atoms with Crippen molar-refractivity contribution in [2.75, 3.05) is 17.9 Å². The van der Waals surface area contributed by atoms with Crippen LogP contribution in [0.25, 0.3) is 0 Å². The Balaban J connectivity index is 0. The summed E-state index contributed by atoms with van der Waals surface area (Å²) >= 11 is 9.53. The summed E-state index contributed by atoms with van der Waals surface area (Å²) < 4.78 is 0. The second-order valence-corrected chi connectivity index (χ2v) is 3.91. The standard InChI is InChI=1S/C2H6S2.CH2Cl2/c1-3-4-2;2-1-3/h1-2H3;1H2. The molecule has 0 spiro atoms.